The highest BCUT2D eigenvalue weighted by atomic mass is 32.2. The molecule has 174 valence electrons. The van der Waals surface area contributed by atoms with Crippen LogP contribution in [0.4, 0.5) is 15.8 Å². The minimum Gasteiger partial charge on any atom is -0.492 e. The van der Waals surface area contributed by atoms with E-state index < -0.39 is 10.0 Å². The summed E-state index contributed by atoms with van der Waals surface area (Å²) in [7, 11) is -3.74. The van der Waals surface area contributed by atoms with E-state index >= 15 is 0 Å². The van der Waals surface area contributed by atoms with Crippen molar-refractivity contribution < 1.29 is 17.5 Å². The number of hydrogen-bond donors (Lipinski definition) is 1. The molecule has 1 aliphatic carbocycles. The second-order valence-electron chi connectivity index (χ2n) is 8.50. The molecule has 1 fully saturated rings. The second-order valence-corrected chi connectivity index (χ2v) is 11.5. The molecular weight excluding hydrogens is 447 g/mol. The zero-order chi connectivity index (χ0) is 22.7. The average Bonchev–Trinajstić information content (AvgIpc) is 3.60. The van der Waals surface area contributed by atoms with Gasteiger partial charge in [0.05, 0.1) is 17.2 Å². The zero-order valence-corrected chi connectivity index (χ0v) is 20.3. The highest BCUT2D eigenvalue weighted by Gasteiger charge is 2.33. The highest BCUT2D eigenvalue weighted by molar-refractivity contribution is 7.99. The van der Waals surface area contributed by atoms with E-state index in [1.807, 2.05) is 11.0 Å². The number of hydrogen-bond acceptors (Lipinski definition) is 5. The lowest BCUT2D eigenvalue weighted by Crippen LogP contribution is -2.39. The van der Waals surface area contributed by atoms with Crippen LogP contribution in [0.1, 0.15) is 46.0 Å². The van der Waals surface area contributed by atoms with Crippen molar-refractivity contribution in [1.29, 1.82) is 0 Å². The number of nitrogens with one attached hydrogen (secondary N) is 1. The fraction of sp³-hybridized carbons (Fsp3) is 0.500. The number of benzene rings is 2. The van der Waals surface area contributed by atoms with Crippen LogP contribution in [0.15, 0.2) is 46.2 Å². The predicted octanol–water partition coefficient (Wildman–Crippen LogP) is 5.72. The molecule has 2 aromatic carbocycles. The Hall–Kier alpha value is -1.77. The van der Waals surface area contributed by atoms with E-state index in [1.54, 1.807) is 30.0 Å². The Bertz CT molecular complexity index is 1040. The molecule has 1 aliphatic heterocycles. The zero-order valence-electron chi connectivity index (χ0n) is 18.6. The summed E-state index contributed by atoms with van der Waals surface area (Å²) in [5.74, 6) is 1.72. The lowest BCUT2D eigenvalue weighted by Gasteiger charge is -2.28. The number of fused-ring (bicyclic) bond motifs is 1. The standard InChI is InChI=1S/C24H31FN2O3S2/c1-3-5-6-19-15-27(20-11-9-18(25)10-12-20)21-13-23(31-4-2)22(30-16-17-7-8-17)14-24(21)32(28,29)26-19/h9-14,17,19,26H,3-8,15-16H2,1-2H3. The van der Waals surface area contributed by atoms with Gasteiger partial charge >= 0.3 is 0 Å². The maximum Gasteiger partial charge on any atom is 0.243 e. The van der Waals surface area contributed by atoms with Crippen LogP contribution < -0.4 is 14.4 Å². The molecule has 0 amide bonds. The largest absolute Gasteiger partial charge is 0.492 e. The SMILES string of the molecule is CCCCC1CN(c2ccc(F)cc2)c2cc(SCC)c(OCC3CC3)cc2S(=O)(=O)N1. The number of anilines is 2. The fourth-order valence-electron chi connectivity index (χ4n) is 3.94. The summed E-state index contributed by atoms with van der Waals surface area (Å²) in [6.07, 6.45) is 4.98. The van der Waals surface area contributed by atoms with Crippen LogP contribution in [0.3, 0.4) is 0 Å². The molecule has 0 spiro atoms. The highest BCUT2D eigenvalue weighted by Crippen LogP contribution is 2.43. The van der Waals surface area contributed by atoms with Crippen LogP contribution in [0.5, 0.6) is 5.75 Å². The Morgan fingerprint density at radius 2 is 1.94 bits per heavy atom. The Balaban J connectivity index is 1.81. The first-order chi connectivity index (χ1) is 15.4. The molecule has 0 aromatic heterocycles. The first kappa shape index (κ1) is 23.4. The van der Waals surface area contributed by atoms with Gasteiger partial charge in [-0.15, -0.1) is 11.8 Å². The maximum absolute atomic E-state index is 13.6. The number of thioether (sulfide) groups is 1. The van der Waals surface area contributed by atoms with Gasteiger partial charge in [-0.3, -0.25) is 0 Å². The summed E-state index contributed by atoms with van der Waals surface area (Å²) in [5.41, 5.74) is 1.38. The van der Waals surface area contributed by atoms with Crippen LogP contribution in [-0.2, 0) is 10.0 Å². The van der Waals surface area contributed by atoms with Crippen molar-refractivity contribution in [3.63, 3.8) is 0 Å². The molecule has 1 saturated carbocycles. The summed E-state index contributed by atoms with van der Waals surface area (Å²) >= 11 is 1.64. The molecule has 1 atom stereocenters. The molecule has 2 aliphatic rings. The van der Waals surface area contributed by atoms with E-state index in [0.29, 0.717) is 30.5 Å². The first-order valence-electron chi connectivity index (χ1n) is 11.4. The van der Waals surface area contributed by atoms with Crippen LogP contribution in [0, 0.1) is 11.7 Å². The van der Waals surface area contributed by atoms with Crippen molar-refractivity contribution in [3.8, 4) is 5.75 Å². The molecule has 1 N–H and O–H groups in total. The van der Waals surface area contributed by atoms with Gasteiger partial charge in [-0.1, -0.05) is 26.7 Å². The third-order valence-corrected chi connectivity index (χ3v) is 8.31. The fourth-order valence-corrected chi connectivity index (χ4v) is 6.17. The summed E-state index contributed by atoms with van der Waals surface area (Å²) in [6, 6.07) is 9.61. The molecule has 2 aromatic rings. The van der Waals surface area contributed by atoms with E-state index in [2.05, 4.69) is 18.6 Å². The normalized spacial score (nSPS) is 20.0. The summed E-state index contributed by atoms with van der Waals surface area (Å²) in [6.45, 7) is 5.26. The molecule has 0 radical (unpaired) electrons. The summed E-state index contributed by atoms with van der Waals surface area (Å²) in [4.78, 5) is 3.14. The number of rotatable bonds is 9. The number of ether oxygens (including phenoxy) is 1. The van der Waals surface area contributed by atoms with Gasteiger partial charge in [-0.25, -0.2) is 17.5 Å². The van der Waals surface area contributed by atoms with Gasteiger partial charge in [0.15, 0.2) is 0 Å². The Morgan fingerprint density at radius 1 is 1.19 bits per heavy atom. The third-order valence-electron chi connectivity index (χ3n) is 5.85. The number of unbranched alkanes of at least 4 members (excludes halogenated alkanes) is 1. The summed E-state index contributed by atoms with van der Waals surface area (Å²) in [5, 5.41) is 0. The van der Waals surface area contributed by atoms with Crippen molar-refractivity contribution in [2.45, 2.75) is 61.8 Å². The third kappa shape index (κ3) is 5.41. The molecule has 4 rings (SSSR count). The minimum atomic E-state index is -3.74. The molecule has 0 saturated heterocycles. The Morgan fingerprint density at radius 3 is 2.59 bits per heavy atom. The van der Waals surface area contributed by atoms with Gasteiger partial charge in [0.2, 0.25) is 10.0 Å². The molecular formula is C24H31FN2O3S2. The topological polar surface area (TPSA) is 58.6 Å². The van der Waals surface area contributed by atoms with E-state index in [4.69, 9.17) is 4.74 Å². The van der Waals surface area contributed by atoms with E-state index in [0.717, 1.165) is 35.6 Å². The maximum atomic E-state index is 13.6. The van der Waals surface area contributed by atoms with E-state index in [9.17, 15) is 12.8 Å². The van der Waals surface area contributed by atoms with Gasteiger partial charge in [0.25, 0.3) is 0 Å². The monoisotopic (exact) mass is 478 g/mol. The number of nitrogens with zero attached hydrogens (tertiary/aromatic N) is 1. The number of sulfonamides is 1. The predicted molar refractivity (Wildman–Crippen MR) is 128 cm³/mol. The Kier molecular flexibility index (Phi) is 7.32. The van der Waals surface area contributed by atoms with Crippen molar-refractivity contribution in [3.05, 3.63) is 42.2 Å². The molecule has 0 bridgehead atoms. The van der Waals surface area contributed by atoms with Crippen molar-refractivity contribution in [1.82, 2.24) is 4.72 Å². The lowest BCUT2D eigenvalue weighted by atomic mass is 10.1. The molecule has 1 heterocycles. The van der Waals surface area contributed by atoms with Gasteiger partial charge in [0.1, 0.15) is 16.5 Å². The summed E-state index contributed by atoms with van der Waals surface area (Å²) < 4.78 is 49.4. The van der Waals surface area contributed by atoms with E-state index in [1.165, 1.54) is 25.0 Å². The Labute approximate surface area is 194 Å². The van der Waals surface area contributed by atoms with Gasteiger partial charge in [0, 0.05) is 24.3 Å². The van der Waals surface area contributed by atoms with Crippen molar-refractivity contribution in [2.24, 2.45) is 5.92 Å². The molecule has 1 unspecified atom stereocenters. The van der Waals surface area contributed by atoms with Crippen molar-refractivity contribution >= 4 is 33.2 Å². The van der Waals surface area contributed by atoms with Crippen LogP contribution in [0.2, 0.25) is 0 Å². The quantitative estimate of drug-likeness (QED) is 0.468. The second kappa shape index (κ2) is 10.0. The lowest BCUT2D eigenvalue weighted by molar-refractivity contribution is 0.292. The van der Waals surface area contributed by atoms with Gasteiger partial charge in [-0.05, 0) is 61.3 Å². The number of halogens is 1. The van der Waals surface area contributed by atoms with Crippen molar-refractivity contribution in [2.75, 3.05) is 23.8 Å². The van der Waals surface area contributed by atoms with Crippen LogP contribution in [0.25, 0.3) is 0 Å². The first-order valence-corrected chi connectivity index (χ1v) is 13.9. The van der Waals surface area contributed by atoms with E-state index in [-0.39, 0.29) is 16.8 Å². The molecule has 32 heavy (non-hydrogen) atoms. The average molecular weight is 479 g/mol. The minimum absolute atomic E-state index is 0.215. The molecule has 5 nitrogen and oxygen atoms in total. The van der Waals surface area contributed by atoms with Crippen LogP contribution in [-0.4, -0.2) is 33.4 Å². The molecule has 8 heteroatoms. The van der Waals surface area contributed by atoms with Crippen LogP contribution >= 0.6 is 11.8 Å². The van der Waals surface area contributed by atoms with Gasteiger partial charge in [-0.2, -0.15) is 0 Å². The van der Waals surface area contributed by atoms with Gasteiger partial charge < -0.3 is 9.64 Å². The smallest absolute Gasteiger partial charge is 0.243 e.